The van der Waals surface area contributed by atoms with Gasteiger partial charge in [-0.1, -0.05) is 0 Å². The molecule has 1 nitrogen and oxygen atoms in total. The standard InChI is InChI=1S/C14H9F6NS2/c15-13(16,17)9-1-5-11(6-2-9)22-21-23-12-7-3-10(4-8-12)14(18,19)20/h1-8,21H. The molecule has 2 aromatic carbocycles. The van der Waals surface area contributed by atoms with Gasteiger partial charge in [0.05, 0.1) is 11.1 Å². The first-order valence-corrected chi connectivity index (χ1v) is 7.73. The molecule has 0 amide bonds. The maximum atomic E-state index is 12.4. The summed E-state index contributed by atoms with van der Waals surface area (Å²) in [6.45, 7) is 0. The van der Waals surface area contributed by atoms with Gasteiger partial charge in [0.2, 0.25) is 0 Å². The summed E-state index contributed by atoms with van der Waals surface area (Å²) in [4.78, 5) is 1.11. The fourth-order valence-corrected chi connectivity index (χ4v) is 3.02. The Bertz CT molecular complexity index is 577. The monoisotopic (exact) mass is 369 g/mol. The van der Waals surface area contributed by atoms with Crippen molar-refractivity contribution in [3.63, 3.8) is 0 Å². The van der Waals surface area contributed by atoms with Crippen LogP contribution in [0.5, 0.6) is 0 Å². The molecule has 0 bridgehead atoms. The number of nitrogens with one attached hydrogen (secondary N) is 1. The highest BCUT2D eigenvalue weighted by Crippen LogP contribution is 2.32. The number of hydrogen-bond acceptors (Lipinski definition) is 3. The summed E-state index contributed by atoms with van der Waals surface area (Å²) in [5.41, 5.74) is -1.48. The highest BCUT2D eigenvalue weighted by molar-refractivity contribution is 8.12. The van der Waals surface area contributed by atoms with Crippen LogP contribution in [0.15, 0.2) is 58.3 Å². The van der Waals surface area contributed by atoms with Crippen molar-refractivity contribution in [2.45, 2.75) is 22.1 Å². The fraction of sp³-hybridized carbons (Fsp3) is 0.143. The Balaban J connectivity index is 1.87. The van der Waals surface area contributed by atoms with Gasteiger partial charge in [-0.05, 0) is 72.4 Å². The van der Waals surface area contributed by atoms with E-state index in [1.165, 1.54) is 24.3 Å². The second-order valence-corrected chi connectivity index (χ2v) is 6.35. The van der Waals surface area contributed by atoms with Crippen molar-refractivity contribution in [3.8, 4) is 0 Å². The van der Waals surface area contributed by atoms with Crippen LogP contribution in [0, 0.1) is 0 Å². The van der Waals surface area contributed by atoms with Crippen LogP contribution < -0.4 is 4.13 Å². The van der Waals surface area contributed by atoms with Crippen LogP contribution in [-0.4, -0.2) is 0 Å². The Labute approximate surface area is 136 Å². The number of alkyl halides is 6. The van der Waals surface area contributed by atoms with Gasteiger partial charge >= 0.3 is 12.4 Å². The molecule has 9 heteroatoms. The largest absolute Gasteiger partial charge is 0.416 e. The third-order valence-electron chi connectivity index (χ3n) is 2.68. The molecule has 2 rings (SSSR count). The van der Waals surface area contributed by atoms with Crippen molar-refractivity contribution in [3.05, 3.63) is 59.7 Å². The molecule has 0 heterocycles. The average Bonchev–Trinajstić information content (AvgIpc) is 2.46. The first kappa shape index (κ1) is 18.0. The minimum Gasteiger partial charge on any atom is -0.199 e. The molecule has 0 aromatic heterocycles. The number of hydrogen-bond donors (Lipinski definition) is 1. The maximum absolute atomic E-state index is 12.4. The van der Waals surface area contributed by atoms with E-state index in [-0.39, 0.29) is 0 Å². The van der Waals surface area contributed by atoms with Crippen LogP contribution in [0.1, 0.15) is 11.1 Å². The number of rotatable bonds is 4. The minimum absolute atomic E-state index is 0.553. The lowest BCUT2D eigenvalue weighted by Gasteiger charge is -2.09. The SMILES string of the molecule is FC(F)(F)c1ccc(SNSc2ccc(C(F)(F)F)cc2)cc1. The third kappa shape index (κ3) is 5.36. The van der Waals surface area contributed by atoms with Crippen molar-refractivity contribution < 1.29 is 26.3 Å². The average molecular weight is 369 g/mol. The van der Waals surface area contributed by atoms with Crippen LogP contribution in [0.3, 0.4) is 0 Å². The molecule has 0 atom stereocenters. The van der Waals surface area contributed by atoms with Gasteiger partial charge in [0.25, 0.3) is 0 Å². The topological polar surface area (TPSA) is 12.0 Å². The molecule has 0 aliphatic heterocycles. The van der Waals surface area contributed by atoms with E-state index in [2.05, 4.69) is 4.13 Å². The van der Waals surface area contributed by atoms with Crippen LogP contribution in [0.2, 0.25) is 0 Å². The molecule has 0 aliphatic carbocycles. The minimum atomic E-state index is -4.38. The summed E-state index contributed by atoms with van der Waals surface area (Å²) in [7, 11) is 0. The molecular formula is C14H9F6NS2. The zero-order chi connectivity index (χ0) is 17.1. The molecule has 124 valence electrons. The van der Waals surface area contributed by atoms with E-state index in [0.29, 0.717) is 9.79 Å². The molecule has 0 unspecified atom stereocenters. The lowest BCUT2D eigenvalue weighted by Crippen LogP contribution is -2.04. The van der Waals surface area contributed by atoms with Crippen LogP contribution >= 0.6 is 23.9 Å². The zero-order valence-electron chi connectivity index (χ0n) is 11.2. The molecule has 0 spiro atoms. The number of benzene rings is 2. The van der Waals surface area contributed by atoms with Gasteiger partial charge < -0.3 is 0 Å². The quantitative estimate of drug-likeness (QED) is 0.522. The second-order valence-electron chi connectivity index (χ2n) is 4.33. The van der Waals surface area contributed by atoms with Crippen LogP contribution in [0.25, 0.3) is 0 Å². The molecule has 0 radical (unpaired) electrons. The van der Waals surface area contributed by atoms with E-state index in [1.807, 2.05) is 0 Å². The Hall–Kier alpha value is -1.32. The summed E-state index contributed by atoms with van der Waals surface area (Å²) in [6.07, 6.45) is -8.77. The van der Waals surface area contributed by atoms with Gasteiger partial charge in [0.1, 0.15) is 0 Å². The lowest BCUT2D eigenvalue weighted by molar-refractivity contribution is -0.138. The van der Waals surface area contributed by atoms with Crippen LogP contribution in [0.4, 0.5) is 26.3 Å². The Morgan fingerprint density at radius 1 is 0.565 bits per heavy atom. The van der Waals surface area contributed by atoms with Gasteiger partial charge in [-0.15, -0.1) is 0 Å². The predicted octanol–water partition coefficient (Wildman–Crippen LogP) is 6.03. The predicted molar refractivity (Wildman–Crippen MR) is 77.7 cm³/mol. The fourth-order valence-electron chi connectivity index (χ4n) is 1.54. The van der Waals surface area contributed by atoms with E-state index in [9.17, 15) is 26.3 Å². The first-order chi connectivity index (χ1) is 10.7. The molecule has 0 fully saturated rings. The lowest BCUT2D eigenvalue weighted by atomic mass is 10.2. The van der Waals surface area contributed by atoms with Gasteiger partial charge in [0.15, 0.2) is 0 Å². The maximum Gasteiger partial charge on any atom is 0.416 e. The molecule has 2 aromatic rings. The number of halogens is 6. The van der Waals surface area contributed by atoms with Gasteiger partial charge in [-0.2, -0.15) is 30.5 Å². The molecular weight excluding hydrogens is 360 g/mol. The smallest absolute Gasteiger partial charge is 0.199 e. The zero-order valence-corrected chi connectivity index (χ0v) is 12.8. The summed E-state index contributed by atoms with van der Waals surface area (Å²) in [5, 5.41) is 0. The summed E-state index contributed by atoms with van der Waals surface area (Å²) in [6, 6.07) is 9.11. The van der Waals surface area contributed by atoms with Gasteiger partial charge in [0, 0.05) is 9.79 Å². The molecule has 0 saturated carbocycles. The van der Waals surface area contributed by atoms with E-state index < -0.39 is 23.5 Å². The third-order valence-corrected chi connectivity index (χ3v) is 4.36. The molecule has 1 N–H and O–H groups in total. The van der Waals surface area contributed by atoms with Gasteiger partial charge in [-0.25, -0.2) is 0 Å². The van der Waals surface area contributed by atoms with E-state index >= 15 is 0 Å². The van der Waals surface area contributed by atoms with Crippen molar-refractivity contribution in [2.24, 2.45) is 0 Å². The summed E-state index contributed by atoms with van der Waals surface area (Å²) >= 11 is 2.14. The molecule has 23 heavy (non-hydrogen) atoms. The normalized spacial score (nSPS) is 12.4. The molecule has 0 saturated heterocycles. The Kier molecular flexibility index (Phi) is 5.53. The summed E-state index contributed by atoms with van der Waals surface area (Å²) in [5.74, 6) is 0. The Morgan fingerprint density at radius 2 is 0.870 bits per heavy atom. The van der Waals surface area contributed by atoms with E-state index in [4.69, 9.17) is 0 Å². The van der Waals surface area contributed by atoms with Crippen molar-refractivity contribution in [2.75, 3.05) is 0 Å². The Morgan fingerprint density at radius 3 is 1.13 bits per heavy atom. The van der Waals surface area contributed by atoms with Gasteiger partial charge in [-0.3, -0.25) is 0 Å². The highest BCUT2D eigenvalue weighted by atomic mass is 32.2. The second kappa shape index (κ2) is 7.06. The van der Waals surface area contributed by atoms with Crippen molar-refractivity contribution in [1.82, 2.24) is 4.13 Å². The van der Waals surface area contributed by atoms with Crippen molar-refractivity contribution in [1.29, 1.82) is 0 Å². The summed E-state index contributed by atoms with van der Waals surface area (Å²) < 4.78 is 77.2. The van der Waals surface area contributed by atoms with E-state index in [1.54, 1.807) is 0 Å². The van der Waals surface area contributed by atoms with Crippen molar-refractivity contribution >= 4 is 23.9 Å². The first-order valence-electron chi connectivity index (χ1n) is 6.09. The van der Waals surface area contributed by atoms with Crippen LogP contribution in [-0.2, 0) is 12.4 Å². The van der Waals surface area contributed by atoms with E-state index in [0.717, 1.165) is 48.2 Å². The highest BCUT2D eigenvalue weighted by Gasteiger charge is 2.30. The molecule has 0 aliphatic rings.